The Morgan fingerprint density at radius 2 is 1.42 bits per heavy atom. The first-order chi connectivity index (χ1) is 9.43. The molecule has 0 unspecified atom stereocenters. The standard InChI is InChI=1S/C15H10N4/c1-3-7-12-10(5-1)9-11-6-2-4-8-13(11)14(12)15-16-18-19-17-15/h1-9H,(H,16,17,18,19). The topological polar surface area (TPSA) is 54.5 Å². The third-order valence-corrected chi connectivity index (χ3v) is 3.34. The summed E-state index contributed by atoms with van der Waals surface area (Å²) in [6, 6.07) is 18.7. The van der Waals surface area contributed by atoms with Crippen LogP contribution in [0.15, 0.2) is 54.6 Å². The van der Waals surface area contributed by atoms with Crippen molar-refractivity contribution in [2.24, 2.45) is 0 Å². The Morgan fingerprint density at radius 1 is 0.789 bits per heavy atom. The summed E-state index contributed by atoms with van der Waals surface area (Å²) in [5, 5.41) is 19.1. The Morgan fingerprint density at radius 3 is 2.00 bits per heavy atom. The predicted octanol–water partition coefficient (Wildman–Crippen LogP) is 3.17. The van der Waals surface area contributed by atoms with Gasteiger partial charge in [0.25, 0.3) is 0 Å². The largest absolute Gasteiger partial charge is 0.205 e. The van der Waals surface area contributed by atoms with Crippen molar-refractivity contribution >= 4 is 21.5 Å². The molecule has 0 fully saturated rings. The number of H-pyrrole nitrogens is 1. The maximum atomic E-state index is 4.14. The molecule has 0 aliphatic rings. The van der Waals surface area contributed by atoms with Gasteiger partial charge in [0.05, 0.1) is 0 Å². The molecule has 4 aromatic rings. The SMILES string of the molecule is c1ccc2c(-c3nn[nH]n3)c3ccccc3cc2c1. The molecule has 0 amide bonds. The molecule has 0 saturated heterocycles. The van der Waals surface area contributed by atoms with Crippen molar-refractivity contribution in [2.45, 2.75) is 0 Å². The third kappa shape index (κ3) is 1.50. The molecule has 90 valence electrons. The van der Waals surface area contributed by atoms with Crippen molar-refractivity contribution in [3.8, 4) is 11.4 Å². The number of hydrogen-bond donors (Lipinski definition) is 1. The lowest BCUT2D eigenvalue weighted by Gasteiger charge is -2.08. The van der Waals surface area contributed by atoms with E-state index in [1.165, 1.54) is 10.8 Å². The first kappa shape index (κ1) is 10.2. The van der Waals surface area contributed by atoms with Gasteiger partial charge >= 0.3 is 0 Å². The van der Waals surface area contributed by atoms with Crippen LogP contribution in [0.5, 0.6) is 0 Å². The number of nitrogens with one attached hydrogen (secondary N) is 1. The van der Waals surface area contributed by atoms with Crippen LogP contribution < -0.4 is 0 Å². The molecule has 0 atom stereocenters. The first-order valence-electron chi connectivity index (χ1n) is 6.08. The summed E-state index contributed by atoms with van der Waals surface area (Å²) >= 11 is 0. The van der Waals surface area contributed by atoms with Gasteiger partial charge in [-0.25, -0.2) is 0 Å². The van der Waals surface area contributed by atoms with E-state index in [0.29, 0.717) is 5.82 Å². The Labute approximate surface area is 109 Å². The van der Waals surface area contributed by atoms with Crippen LogP contribution in [-0.2, 0) is 0 Å². The van der Waals surface area contributed by atoms with Gasteiger partial charge in [0.15, 0.2) is 0 Å². The van der Waals surface area contributed by atoms with Crippen molar-refractivity contribution in [1.29, 1.82) is 0 Å². The van der Waals surface area contributed by atoms with Gasteiger partial charge in [-0.1, -0.05) is 48.5 Å². The number of aromatic nitrogens is 4. The highest BCUT2D eigenvalue weighted by molar-refractivity contribution is 6.11. The fourth-order valence-electron chi connectivity index (χ4n) is 2.52. The quantitative estimate of drug-likeness (QED) is 0.525. The van der Waals surface area contributed by atoms with E-state index >= 15 is 0 Å². The molecule has 0 radical (unpaired) electrons. The van der Waals surface area contributed by atoms with Gasteiger partial charge in [0.1, 0.15) is 0 Å². The first-order valence-corrected chi connectivity index (χ1v) is 6.08. The monoisotopic (exact) mass is 246 g/mol. The minimum absolute atomic E-state index is 0.632. The number of aromatic amines is 1. The highest BCUT2D eigenvalue weighted by Crippen LogP contribution is 2.33. The maximum Gasteiger partial charge on any atom is 0.205 e. The Balaban J connectivity index is 2.27. The molecule has 0 spiro atoms. The van der Waals surface area contributed by atoms with Crippen LogP contribution in [0, 0.1) is 0 Å². The van der Waals surface area contributed by atoms with E-state index in [-0.39, 0.29) is 0 Å². The fourth-order valence-corrected chi connectivity index (χ4v) is 2.52. The highest BCUT2D eigenvalue weighted by atomic mass is 15.5. The third-order valence-electron chi connectivity index (χ3n) is 3.34. The molecule has 1 N–H and O–H groups in total. The zero-order valence-electron chi connectivity index (χ0n) is 10.0. The second-order valence-corrected chi connectivity index (χ2v) is 4.43. The van der Waals surface area contributed by atoms with E-state index in [1.54, 1.807) is 0 Å². The van der Waals surface area contributed by atoms with Crippen molar-refractivity contribution in [3.05, 3.63) is 54.6 Å². The summed E-state index contributed by atoms with van der Waals surface area (Å²) in [7, 11) is 0. The molecular weight excluding hydrogens is 236 g/mol. The van der Waals surface area contributed by atoms with E-state index in [2.05, 4.69) is 51.0 Å². The van der Waals surface area contributed by atoms with Gasteiger partial charge in [0, 0.05) is 5.56 Å². The lowest BCUT2D eigenvalue weighted by atomic mass is 9.96. The summed E-state index contributed by atoms with van der Waals surface area (Å²) in [5.74, 6) is 0.632. The fraction of sp³-hybridized carbons (Fsp3) is 0. The average molecular weight is 246 g/mol. The van der Waals surface area contributed by atoms with E-state index in [1.807, 2.05) is 24.3 Å². The van der Waals surface area contributed by atoms with Gasteiger partial charge in [-0.2, -0.15) is 5.21 Å². The smallest absolute Gasteiger partial charge is 0.177 e. The van der Waals surface area contributed by atoms with Gasteiger partial charge in [-0.15, -0.1) is 10.2 Å². The van der Waals surface area contributed by atoms with Gasteiger partial charge in [-0.05, 0) is 32.8 Å². The summed E-state index contributed by atoms with van der Waals surface area (Å²) in [5.41, 5.74) is 1.03. The molecule has 4 rings (SSSR count). The number of benzene rings is 3. The Kier molecular flexibility index (Phi) is 2.08. The molecule has 0 aliphatic carbocycles. The minimum atomic E-state index is 0.632. The number of hydrogen-bond acceptors (Lipinski definition) is 3. The van der Waals surface area contributed by atoms with Crippen LogP contribution in [0.25, 0.3) is 32.9 Å². The van der Waals surface area contributed by atoms with Gasteiger partial charge in [-0.3, -0.25) is 0 Å². The zero-order chi connectivity index (χ0) is 12.7. The lowest BCUT2D eigenvalue weighted by molar-refractivity contribution is 0.881. The minimum Gasteiger partial charge on any atom is -0.177 e. The Hall–Kier alpha value is -2.75. The van der Waals surface area contributed by atoms with E-state index < -0.39 is 0 Å². The average Bonchev–Trinajstić information content (AvgIpc) is 2.98. The number of fused-ring (bicyclic) bond motifs is 2. The summed E-state index contributed by atoms with van der Waals surface area (Å²) in [6.07, 6.45) is 0. The second kappa shape index (κ2) is 3.88. The maximum absolute atomic E-state index is 4.14. The van der Waals surface area contributed by atoms with Crippen molar-refractivity contribution in [2.75, 3.05) is 0 Å². The molecule has 3 aromatic carbocycles. The normalized spacial score (nSPS) is 11.2. The predicted molar refractivity (Wildman–Crippen MR) is 74.6 cm³/mol. The molecule has 0 saturated carbocycles. The number of nitrogens with zero attached hydrogens (tertiary/aromatic N) is 3. The second-order valence-electron chi connectivity index (χ2n) is 4.43. The zero-order valence-corrected chi connectivity index (χ0v) is 10.0. The summed E-state index contributed by atoms with van der Waals surface area (Å²) < 4.78 is 0. The molecule has 1 aromatic heterocycles. The van der Waals surface area contributed by atoms with Crippen LogP contribution in [0.3, 0.4) is 0 Å². The number of tetrazole rings is 1. The van der Waals surface area contributed by atoms with E-state index in [4.69, 9.17) is 0 Å². The van der Waals surface area contributed by atoms with Gasteiger partial charge < -0.3 is 0 Å². The molecular formula is C15H10N4. The van der Waals surface area contributed by atoms with Gasteiger partial charge in [0.2, 0.25) is 5.82 Å². The highest BCUT2D eigenvalue weighted by Gasteiger charge is 2.12. The summed E-state index contributed by atoms with van der Waals surface area (Å²) in [4.78, 5) is 0. The van der Waals surface area contributed by atoms with Crippen molar-refractivity contribution < 1.29 is 0 Å². The van der Waals surface area contributed by atoms with Crippen molar-refractivity contribution in [1.82, 2.24) is 20.6 Å². The van der Waals surface area contributed by atoms with Crippen molar-refractivity contribution in [3.63, 3.8) is 0 Å². The van der Waals surface area contributed by atoms with Crippen LogP contribution >= 0.6 is 0 Å². The summed E-state index contributed by atoms with van der Waals surface area (Å²) in [6.45, 7) is 0. The molecule has 1 heterocycles. The number of rotatable bonds is 1. The van der Waals surface area contributed by atoms with E-state index in [9.17, 15) is 0 Å². The molecule has 4 nitrogen and oxygen atoms in total. The molecule has 0 bridgehead atoms. The van der Waals surface area contributed by atoms with E-state index in [0.717, 1.165) is 16.3 Å². The molecule has 4 heteroatoms. The molecule has 0 aliphatic heterocycles. The van der Waals surface area contributed by atoms with Crippen LogP contribution in [-0.4, -0.2) is 20.6 Å². The van der Waals surface area contributed by atoms with Crippen LogP contribution in [0.4, 0.5) is 0 Å². The lowest BCUT2D eigenvalue weighted by Crippen LogP contribution is -1.87. The van der Waals surface area contributed by atoms with Crippen LogP contribution in [0.1, 0.15) is 0 Å². The molecule has 19 heavy (non-hydrogen) atoms. The Bertz CT molecular complexity index is 812. The van der Waals surface area contributed by atoms with Crippen LogP contribution in [0.2, 0.25) is 0 Å².